The number of benzene rings is 1. The fourth-order valence-corrected chi connectivity index (χ4v) is 3.15. The molecule has 0 fully saturated rings. The zero-order chi connectivity index (χ0) is 14.7. The number of hydrogen-bond acceptors (Lipinski definition) is 4. The number of hydrogen-bond donors (Lipinski definition) is 2. The second-order valence-electron chi connectivity index (χ2n) is 4.89. The Morgan fingerprint density at radius 1 is 1.25 bits per heavy atom. The number of thioether (sulfide) groups is 1. The summed E-state index contributed by atoms with van der Waals surface area (Å²) in [7, 11) is 1.73. The number of aliphatic hydroxyl groups is 1. The monoisotopic (exact) mass is 297 g/mol. The first kappa shape index (κ1) is 17.5. The van der Waals surface area contributed by atoms with Crippen molar-refractivity contribution in [3.8, 4) is 0 Å². The third-order valence-electron chi connectivity index (χ3n) is 3.41. The Labute approximate surface area is 127 Å². The molecule has 0 heterocycles. The molecule has 20 heavy (non-hydrogen) atoms. The predicted octanol–water partition coefficient (Wildman–Crippen LogP) is 2.64. The largest absolute Gasteiger partial charge is 0.394 e. The highest BCUT2D eigenvalue weighted by atomic mass is 32.2. The molecule has 0 aromatic heterocycles. The van der Waals surface area contributed by atoms with Gasteiger partial charge in [-0.25, -0.2) is 0 Å². The Kier molecular flexibility index (Phi) is 8.94. The number of rotatable bonds is 11. The summed E-state index contributed by atoms with van der Waals surface area (Å²) in [5.74, 6) is 2.01. The van der Waals surface area contributed by atoms with Crippen molar-refractivity contribution in [3.05, 3.63) is 35.9 Å². The Hall–Kier alpha value is -0.550. The Bertz CT molecular complexity index is 348. The van der Waals surface area contributed by atoms with Crippen LogP contribution in [0.25, 0.3) is 0 Å². The van der Waals surface area contributed by atoms with Gasteiger partial charge >= 0.3 is 0 Å². The van der Waals surface area contributed by atoms with Gasteiger partial charge < -0.3 is 15.2 Å². The third-order valence-corrected chi connectivity index (χ3v) is 4.36. The lowest BCUT2D eigenvalue weighted by molar-refractivity contribution is 0.157. The normalized spacial score (nSPS) is 14.2. The molecule has 3 nitrogen and oxygen atoms in total. The Balaban J connectivity index is 2.67. The SMILES string of the molecule is CCCNC(CO)(CCSCCOC)c1ccccc1. The summed E-state index contributed by atoms with van der Waals surface area (Å²) in [6, 6.07) is 10.3. The summed E-state index contributed by atoms with van der Waals surface area (Å²) in [6.45, 7) is 3.97. The maximum absolute atomic E-state index is 9.96. The lowest BCUT2D eigenvalue weighted by Crippen LogP contribution is -2.46. The van der Waals surface area contributed by atoms with Gasteiger partial charge in [0, 0.05) is 12.9 Å². The summed E-state index contributed by atoms with van der Waals surface area (Å²) in [6.07, 6.45) is 1.98. The minimum Gasteiger partial charge on any atom is -0.394 e. The minimum atomic E-state index is -0.322. The van der Waals surface area contributed by atoms with Crippen LogP contribution in [0.5, 0.6) is 0 Å². The summed E-state index contributed by atoms with van der Waals surface area (Å²) < 4.78 is 5.06. The van der Waals surface area contributed by atoms with Crippen LogP contribution < -0.4 is 5.32 Å². The standard InChI is InChI=1S/C16H27NO2S/c1-3-10-17-16(14-18,9-12-20-13-11-19-2)15-7-5-4-6-8-15/h4-8,17-18H,3,9-14H2,1-2H3. The molecule has 0 spiro atoms. The van der Waals surface area contributed by atoms with E-state index in [0.29, 0.717) is 0 Å². The average molecular weight is 297 g/mol. The van der Waals surface area contributed by atoms with Crippen LogP contribution >= 0.6 is 11.8 Å². The summed E-state index contributed by atoms with van der Waals surface area (Å²) in [4.78, 5) is 0. The third kappa shape index (κ3) is 5.44. The zero-order valence-electron chi connectivity index (χ0n) is 12.6. The van der Waals surface area contributed by atoms with Crippen molar-refractivity contribution in [1.29, 1.82) is 0 Å². The molecule has 0 aliphatic carbocycles. The lowest BCUT2D eigenvalue weighted by atomic mass is 9.88. The molecule has 1 unspecified atom stereocenters. The molecule has 0 amide bonds. The summed E-state index contributed by atoms with van der Waals surface area (Å²) >= 11 is 1.87. The smallest absolute Gasteiger partial charge is 0.0677 e. The van der Waals surface area contributed by atoms with Gasteiger partial charge in [-0.1, -0.05) is 37.3 Å². The topological polar surface area (TPSA) is 41.5 Å². The first-order valence-corrected chi connectivity index (χ1v) is 8.42. The van der Waals surface area contributed by atoms with Gasteiger partial charge in [0.1, 0.15) is 0 Å². The highest BCUT2D eigenvalue weighted by Gasteiger charge is 2.30. The quantitative estimate of drug-likeness (QED) is 0.616. The molecular weight excluding hydrogens is 270 g/mol. The average Bonchev–Trinajstić information content (AvgIpc) is 2.51. The van der Waals surface area contributed by atoms with Crippen molar-refractivity contribution < 1.29 is 9.84 Å². The van der Waals surface area contributed by atoms with E-state index in [1.54, 1.807) is 7.11 Å². The van der Waals surface area contributed by atoms with Crippen molar-refractivity contribution in [2.24, 2.45) is 0 Å². The number of aliphatic hydroxyl groups excluding tert-OH is 1. The molecule has 4 heteroatoms. The highest BCUT2D eigenvalue weighted by molar-refractivity contribution is 7.99. The van der Waals surface area contributed by atoms with Crippen LogP contribution in [-0.4, -0.2) is 43.5 Å². The van der Waals surface area contributed by atoms with Gasteiger partial charge in [-0.3, -0.25) is 0 Å². The van der Waals surface area contributed by atoms with Gasteiger partial charge in [0.2, 0.25) is 0 Å². The molecule has 0 aliphatic heterocycles. The number of ether oxygens (including phenoxy) is 1. The van der Waals surface area contributed by atoms with E-state index in [1.807, 2.05) is 30.0 Å². The van der Waals surface area contributed by atoms with E-state index in [0.717, 1.165) is 37.5 Å². The molecule has 2 N–H and O–H groups in total. The van der Waals surface area contributed by atoms with E-state index >= 15 is 0 Å². The summed E-state index contributed by atoms with van der Waals surface area (Å²) in [5, 5.41) is 13.5. The van der Waals surface area contributed by atoms with Crippen LogP contribution in [-0.2, 0) is 10.3 Å². The Morgan fingerprint density at radius 2 is 2.00 bits per heavy atom. The fraction of sp³-hybridized carbons (Fsp3) is 0.625. The van der Waals surface area contributed by atoms with Crippen molar-refractivity contribution in [1.82, 2.24) is 5.32 Å². The molecule has 1 aromatic rings. The van der Waals surface area contributed by atoms with E-state index in [1.165, 1.54) is 5.56 Å². The second kappa shape index (κ2) is 10.2. The lowest BCUT2D eigenvalue weighted by Gasteiger charge is -2.34. The Morgan fingerprint density at radius 3 is 2.60 bits per heavy atom. The molecule has 1 atom stereocenters. The molecule has 0 radical (unpaired) electrons. The second-order valence-corrected chi connectivity index (χ2v) is 6.11. The van der Waals surface area contributed by atoms with E-state index in [2.05, 4.69) is 24.4 Å². The molecule has 0 saturated carbocycles. The van der Waals surface area contributed by atoms with E-state index in [-0.39, 0.29) is 12.1 Å². The van der Waals surface area contributed by atoms with Crippen LogP contribution in [0.2, 0.25) is 0 Å². The highest BCUT2D eigenvalue weighted by Crippen LogP contribution is 2.26. The van der Waals surface area contributed by atoms with Crippen molar-refractivity contribution >= 4 is 11.8 Å². The van der Waals surface area contributed by atoms with Crippen LogP contribution in [0.3, 0.4) is 0 Å². The molecular formula is C16H27NO2S. The van der Waals surface area contributed by atoms with Crippen molar-refractivity contribution in [3.63, 3.8) is 0 Å². The van der Waals surface area contributed by atoms with Crippen LogP contribution in [0.15, 0.2) is 30.3 Å². The van der Waals surface area contributed by atoms with Crippen molar-refractivity contribution in [2.45, 2.75) is 25.3 Å². The fourth-order valence-electron chi connectivity index (χ4n) is 2.17. The molecule has 0 aliphatic rings. The van der Waals surface area contributed by atoms with Gasteiger partial charge in [-0.15, -0.1) is 0 Å². The van der Waals surface area contributed by atoms with Gasteiger partial charge in [-0.2, -0.15) is 11.8 Å². The van der Waals surface area contributed by atoms with Gasteiger partial charge in [0.25, 0.3) is 0 Å². The first-order valence-electron chi connectivity index (χ1n) is 7.27. The van der Waals surface area contributed by atoms with E-state index in [4.69, 9.17) is 4.74 Å². The van der Waals surface area contributed by atoms with Crippen LogP contribution in [0, 0.1) is 0 Å². The van der Waals surface area contributed by atoms with Crippen LogP contribution in [0.4, 0.5) is 0 Å². The minimum absolute atomic E-state index is 0.127. The van der Waals surface area contributed by atoms with E-state index in [9.17, 15) is 5.11 Å². The van der Waals surface area contributed by atoms with Gasteiger partial charge in [0.05, 0.1) is 18.8 Å². The van der Waals surface area contributed by atoms with Crippen molar-refractivity contribution in [2.75, 3.05) is 38.4 Å². The first-order chi connectivity index (χ1) is 9.79. The van der Waals surface area contributed by atoms with Gasteiger partial charge in [0.15, 0.2) is 0 Å². The van der Waals surface area contributed by atoms with Crippen LogP contribution in [0.1, 0.15) is 25.3 Å². The maximum Gasteiger partial charge on any atom is 0.0677 e. The number of methoxy groups -OCH3 is 1. The molecule has 1 aromatic carbocycles. The van der Waals surface area contributed by atoms with Gasteiger partial charge in [-0.05, 0) is 30.7 Å². The molecule has 0 saturated heterocycles. The van der Waals surface area contributed by atoms with E-state index < -0.39 is 0 Å². The maximum atomic E-state index is 9.96. The molecule has 0 bridgehead atoms. The molecule has 114 valence electrons. The number of nitrogens with one attached hydrogen (secondary N) is 1. The predicted molar refractivity (Wildman–Crippen MR) is 87.3 cm³/mol. The summed E-state index contributed by atoms with van der Waals surface area (Å²) in [5.41, 5.74) is 0.848. The zero-order valence-corrected chi connectivity index (χ0v) is 13.4. The molecule has 1 rings (SSSR count).